The molecule has 0 aliphatic carbocycles. The van der Waals surface area contributed by atoms with Crippen LogP contribution >= 0.6 is 23.1 Å². The van der Waals surface area contributed by atoms with Gasteiger partial charge in [-0.1, -0.05) is 11.3 Å². The normalized spacial score (nSPS) is 11.5. The lowest BCUT2D eigenvalue weighted by Gasteiger charge is -2.10. The first-order valence-electron chi connectivity index (χ1n) is 5.75. The predicted molar refractivity (Wildman–Crippen MR) is 77.1 cm³/mol. The van der Waals surface area contributed by atoms with Gasteiger partial charge < -0.3 is 10.2 Å². The first-order chi connectivity index (χ1) is 9.79. The van der Waals surface area contributed by atoms with E-state index in [-0.39, 0.29) is 10.8 Å². The van der Waals surface area contributed by atoms with E-state index in [9.17, 15) is 13.2 Å². The van der Waals surface area contributed by atoms with Crippen molar-refractivity contribution < 1.29 is 13.2 Å². The van der Waals surface area contributed by atoms with Crippen LogP contribution in [0.1, 0.15) is 5.56 Å². The molecule has 5 nitrogen and oxygen atoms in total. The minimum Gasteiger partial charge on any atom is -0.373 e. The van der Waals surface area contributed by atoms with Gasteiger partial charge in [-0.15, -0.1) is 10.2 Å². The Morgan fingerprint density at radius 3 is 2.48 bits per heavy atom. The van der Waals surface area contributed by atoms with Gasteiger partial charge in [-0.3, -0.25) is 0 Å². The number of aromatic nitrogens is 3. The van der Waals surface area contributed by atoms with Crippen LogP contribution in [0.2, 0.25) is 0 Å². The molecule has 0 fully saturated rings. The Hall–Kier alpha value is -1.55. The topological polar surface area (TPSA) is 53.9 Å². The SMILES string of the molecule is CNc1cc(C(F)(F)F)cc(Sc2nnc(N(C)C)s2)n1. The minimum absolute atomic E-state index is 0.157. The van der Waals surface area contributed by atoms with Crippen LogP contribution in [-0.2, 0) is 6.18 Å². The third-order valence-corrected chi connectivity index (χ3v) is 4.42. The van der Waals surface area contributed by atoms with Crippen molar-refractivity contribution in [1.29, 1.82) is 0 Å². The quantitative estimate of drug-likeness (QED) is 0.926. The van der Waals surface area contributed by atoms with E-state index >= 15 is 0 Å². The van der Waals surface area contributed by atoms with Gasteiger partial charge in [-0.05, 0) is 23.9 Å². The molecule has 0 spiro atoms. The molecule has 0 unspecified atom stereocenters. The molecule has 0 radical (unpaired) electrons. The summed E-state index contributed by atoms with van der Waals surface area (Å²) in [5, 5.41) is 11.4. The number of hydrogen-bond acceptors (Lipinski definition) is 7. The highest BCUT2D eigenvalue weighted by Crippen LogP contribution is 2.36. The zero-order valence-corrected chi connectivity index (χ0v) is 13.0. The van der Waals surface area contributed by atoms with E-state index in [0.29, 0.717) is 9.47 Å². The molecule has 2 heterocycles. The lowest BCUT2D eigenvalue weighted by molar-refractivity contribution is -0.137. The molecule has 0 atom stereocenters. The zero-order chi connectivity index (χ0) is 15.6. The smallest absolute Gasteiger partial charge is 0.373 e. The van der Waals surface area contributed by atoms with E-state index in [4.69, 9.17) is 0 Å². The molecule has 0 bridgehead atoms. The largest absolute Gasteiger partial charge is 0.416 e. The zero-order valence-electron chi connectivity index (χ0n) is 11.4. The van der Waals surface area contributed by atoms with Crippen molar-refractivity contribution in [2.45, 2.75) is 15.5 Å². The van der Waals surface area contributed by atoms with Gasteiger partial charge in [0.25, 0.3) is 0 Å². The summed E-state index contributed by atoms with van der Waals surface area (Å²) in [5.74, 6) is 0.157. The fourth-order valence-electron chi connectivity index (χ4n) is 1.36. The van der Waals surface area contributed by atoms with Crippen LogP contribution in [0.25, 0.3) is 0 Å². The average Bonchev–Trinajstić information content (AvgIpc) is 2.86. The molecule has 0 aromatic carbocycles. The van der Waals surface area contributed by atoms with E-state index in [1.54, 1.807) is 4.90 Å². The summed E-state index contributed by atoms with van der Waals surface area (Å²) >= 11 is 2.34. The molecule has 1 N–H and O–H groups in total. The maximum atomic E-state index is 12.8. The number of hydrogen-bond donors (Lipinski definition) is 1. The van der Waals surface area contributed by atoms with Gasteiger partial charge in [0.15, 0.2) is 4.34 Å². The van der Waals surface area contributed by atoms with Crippen LogP contribution in [0, 0.1) is 0 Å². The second-order valence-electron chi connectivity index (χ2n) is 4.17. The summed E-state index contributed by atoms with van der Waals surface area (Å²) in [7, 11) is 5.15. The van der Waals surface area contributed by atoms with E-state index < -0.39 is 11.7 Å². The van der Waals surface area contributed by atoms with Crippen molar-refractivity contribution in [1.82, 2.24) is 15.2 Å². The van der Waals surface area contributed by atoms with Gasteiger partial charge in [0, 0.05) is 21.1 Å². The molecule has 0 aliphatic heterocycles. The monoisotopic (exact) mass is 335 g/mol. The molecule has 0 aliphatic rings. The van der Waals surface area contributed by atoms with Crippen molar-refractivity contribution in [2.24, 2.45) is 0 Å². The van der Waals surface area contributed by atoms with Gasteiger partial charge in [0.05, 0.1) is 5.56 Å². The number of anilines is 2. The molecule has 0 saturated carbocycles. The number of pyridine rings is 1. The van der Waals surface area contributed by atoms with E-state index in [2.05, 4.69) is 20.5 Å². The number of halogens is 3. The third-order valence-electron chi connectivity index (χ3n) is 2.36. The fraction of sp³-hybridized carbons (Fsp3) is 0.364. The summed E-state index contributed by atoms with van der Waals surface area (Å²) in [6.45, 7) is 0. The van der Waals surface area contributed by atoms with E-state index in [1.165, 1.54) is 18.4 Å². The van der Waals surface area contributed by atoms with Crippen molar-refractivity contribution >= 4 is 34.0 Å². The Morgan fingerprint density at radius 2 is 1.95 bits per heavy atom. The van der Waals surface area contributed by atoms with Gasteiger partial charge in [-0.2, -0.15) is 13.2 Å². The molecule has 2 aromatic rings. The predicted octanol–water partition coefficient (Wildman–Crippen LogP) is 3.21. The summed E-state index contributed by atoms with van der Waals surface area (Å²) in [4.78, 5) is 5.87. The van der Waals surface area contributed by atoms with Crippen LogP contribution in [0.15, 0.2) is 21.5 Å². The van der Waals surface area contributed by atoms with Crippen molar-refractivity contribution in [2.75, 3.05) is 31.4 Å². The molecule has 0 amide bonds. The number of alkyl halides is 3. The minimum atomic E-state index is -4.42. The maximum Gasteiger partial charge on any atom is 0.416 e. The molecule has 114 valence electrons. The first kappa shape index (κ1) is 15.8. The van der Waals surface area contributed by atoms with E-state index in [1.807, 2.05) is 14.1 Å². The summed E-state index contributed by atoms with van der Waals surface area (Å²) in [6.07, 6.45) is -4.42. The molecular formula is C11H12F3N5S2. The van der Waals surface area contributed by atoms with Crippen molar-refractivity contribution in [3.8, 4) is 0 Å². The first-order valence-corrected chi connectivity index (χ1v) is 7.38. The van der Waals surface area contributed by atoms with Crippen LogP contribution in [0.3, 0.4) is 0 Å². The second-order valence-corrected chi connectivity index (χ2v) is 6.40. The number of rotatable bonds is 4. The van der Waals surface area contributed by atoms with Crippen LogP contribution < -0.4 is 10.2 Å². The summed E-state index contributed by atoms with van der Waals surface area (Å²) in [5.41, 5.74) is -0.748. The highest BCUT2D eigenvalue weighted by atomic mass is 32.2. The van der Waals surface area contributed by atoms with E-state index in [0.717, 1.165) is 23.9 Å². The van der Waals surface area contributed by atoms with Crippen LogP contribution in [0.4, 0.5) is 24.1 Å². The third kappa shape index (κ3) is 3.97. The molecule has 10 heteroatoms. The Bertz CT molecular complexity index is 627. The number of nitrogens with zero attached hydrogens (tertiary/aromatic N) is 4. The van der Waals surface area contributed by atoms with Crippen molar-refractivity contribution in [3.05, 3.63) is 17.7 Å². The molecule has 21 heavy (non-hydrogen) atoms. The summed E-state index contributed by atoms with van der Waals surface area (Å²) < 4.78 is 39.0. The molecule has 2 rings (SSSR count). The van der Waals surface area contributed by atoms with Crippen molar-refractivity contribution in [3.63, 3.8) is 0 Å². The Kier molecular flexibility index (Phi) is 4.57. The van der Waals surface area contributed by atoms with Gasteiger partial charge >= 0.3 is 6.18 Å². The second kappa shape index (κ2) is 6.06. The lowest BCUT2D eigenvalue weighted by atomic mass is 10.2. The maximum absolute atomic E-state index is 12.8. The highest BCUT2D eigenvalue weighted by Gasteiger charge is 2.31. The van der Waals surface area contributed by atoms with Crippen LogP contribution in [-0.4, -0.2) is 36.3 Å². The highest BCUT2D eigenvalue weighted by molar-refractivity contribution is 8.01. The molecule has 0 saturated heterocycles. The van der Waals surface area contributed by atoms with Gasteiger partial charge in [0.1, 0.15) is 10.8 Å². The molecular weight excluding hydrogens is 323 g/mol. The average molecular weight is 335 g/mol. The fourth-order valence-corrected chi connectivity index (χ4v) is 3.10. The summed E-state index contributed by atoms with van der Waals surface area (Å²) in [6, 6.07) is 1.97. The standard InChI is InChI=1S/C11H12F3N5S2/c1-15-7-4-6(11(12,13)14)5-8(16-7)20-10-18-17-9(21-10)19(2)3/h4-5H,1-3H3,(H,15,16). The Morgan fingerprint density at radius 1 is 1.24 bits per heavy atom. The van der Waals surface area contributed by atoms with Gasteiger partial charge in [-0.25, -0.2) is 4.98 Å². The number of nitrogens with one attached hydrogen (secondary N) is 1. The van der Waals surface area contributed by atoms with Crippen LogP contribution in [0.5, 0.6) is 0 Å². The molecule has 2 aromatic heterocycles. The lowest BCUT2D eigenvalue weighted by Crippen LogP contribution is -2.07. The van der Waals surface area contributed by atoms with Gasteiger partial charge in [0.2, 0.25) is 5.13 Å². The Balaban J connectivity index is 2.30. The Labute approximate surface area is 127 Å².